The molecule has 1 saturated heterocycles. The van der Waals surface area contributed by atoms with Gasteiger partial charge < -0.3 is 15.4 Å². The Morgan fingerprint density at radius 2 is 1.95 bits per heavy atom. The first-order valence-electron chi connectivity index (χ1n) is 6.22. The van der Waals surface area contributed by atoms with Crippen LogP contribution >= 0.6 is 0 Å². The van der Waals surface area contributed by atoms with E-state index in [1.54, 1.807) is 0 Å². The molecule has 0 bridgehead atoms. The summed E-state index contributed by atoms with van der Waals surface area (Å²) in [4.78, 5) is 23.0. The predicted molar refractivity (Wildman–Crippen MR) is 67.0 cm³/mol. The van der Waals surface area contributed by atoms with E-state index < -0.39 is 29.1 Å². The average molecular weight is 284 g/mol. The van der Waals surface area contributed by atoms with E-state index in [2.05, 4.69) is 5.32 Å². The van der Waals surface area contributed by atoms with E-state index in [0.717, 1.165) is 31.0 Å². The summed E-state index contributed by atoms with van der Waals surface area (Å²) in [6.45, 7) is 0.833. The van der Waals surface area contributed by atoms with Crippen molar-refractivity contribution in [1.82, 2.24) is 5.32 Å². The van der Waals surface area contributed by atoms with Crippen LogP contribution in [0.2, 0.25) is 0 Å². The molecule has 0 radical (unpaired) electrons. The Morgan fingerprint density at radius 1 is 1.25 bits per heavy atom. The molecule has 0 saturated carbocycles. The van der Waals surface area contributed by atoms with Gasteiger partial charge >= 0.3 is 11.8 Å². The molecular formula is C13H14F2N2O3. The number of carbonyl (C=O) groups is 2. The van der Waals surface area contributed by atoms with Gasteiger partial charge in [0.05, 0.1) is 6.10 Å². The van der Waals surface area contributed by atoms with Crippen LogP contribution in [0.25, 0.3) is 0 Å². The van der Waals surface area contributed by atoms with Gasteiger partial charge in [-0.2, -0.15) is 0 Å². The highest BCUT2D eigenvalue weighted by Gasteiger charge is 2.21. The van der Waals surface area contributed by atoms with Crippen molar-refractivity contribution in [2.75, 3.05) is 18.5 Å². The lowest BCUT2D eigenvalue weighted by Gasteiger charge is -2.11. The van der Waals surface area contributed by atoms with Crippen LogP contribution in [-0.4, -0.2) is 31.1 Å². The lowest BCUT2D eigenvalue weighted by atomic mass is 10.2. The van der Waals surface area contributed by atoms with E-state index in [9.17, 15) is 18.4 Å². The van der Waals surface area contributed by atoms with Gasteiger partial charge in [0.1, 0.15) is 17.3 Å². The largest absolute Gasteiger partial charge is 0.376 e. The summed E-state index contributed by atoms with van der Waals surface area (Å²) in [5.74, 6) is -3.95. The zero-order valence-electron chi connectivity index (χ0n) is 10.6. The first-order valence-corrected chi connectivity index (χ1v) is 6.22. The van der Waals surface area contributed by atoms with Crippen molar-refractivity contribution >= 4 is 17.5 Å². The third-order valence-corrected chi connectivity index (χ3v) is 2.92. The number of hydrogen-bond donors (Lipinski definition) is 2. The quantitative estimate of drug-likeness (QED) is 0.820. The molecule has 108 valence electrons. The van der Waals surface area contributed by atoms with Gasteiger partial charge in [0.2, 0.25) is 0 Å². The lowest BCUT2D eigenvalue weighted by Crippen LogP contribution is -2.39. The van der Waals surface area contributed by atoms with Crippen LogP contribution in [0.15, 0.2) is 18.2 Å². The van der Waals surface area contributed by atoms with E-state index in [1.165, 1.54) is 0 Å². The van der Waals surface area contributed by atoms with Crippen molar-refractivity contribution in [3.8, 4) is 0 Å². The molecule has 2 N–H and O–H groups in total. The van der Waals surface area contributed by atoms with Gasteiger partial charge in [0, 0.05) is 13.2 Å². The van der Waals surface area contributed by atoms with Crippen LogP contribution in [0.5, 0.6) is 0 Å². The number of carbonyl (C=O) groups excluding carboxylic acids is 2. The van der Waals surface area contributed by atoms with Crippen LogP contribution < -0.4 is 10.6 Å². The Bertz CT molecular complexity index is 496. The average Bonchev–Trinajstić information content (AvgIpc) is 2.93. The van der Waals surface area contributed by atoms with Crippen LogP contribution in [-0.2, 0) is 14.3 Å². The summed E-state index contributed by atoms with van der Waals surface area (Å²) in [6, 6.07) is 3.14. The maximum atomic E-state index is 13.3. The van der Waals surface area contributed by atoms with E-state index in [0.29, 0.717) is 6.61 Å². The van der Waals surface area contributed by atoms with Crippen LogP contribution in [0.3, 0.4) is 0 Å². The molecule has 1 aliphatic heterocycles. The predicted octanol–water partition coefficient (Wildman–Crippen LogP) is 1.20. The minimum Gasteiger partial charge on any atom is -0.376 e. The number of halogens is 2. The van der Waals surface area contributed by atoms with E-state index in [4.69, 9.17) is 4.74 Å². The number of nitrogens with one attached hydrogen (secondary N) is 2. The lowest BCUT2D eigenvalue weighted by molar-refractivity contribution is -0.136. The minimum absolute atomic E-state index is 0.114. The highest BCUT2D eigenvalue weighted by Crippen LogP contribution is 2.17. The molecule has 2 rings (SSSR count). The fraction of sp³-hybridized carbons (Fsp3) is 0.385. The highest BCUT2D eigenvalue weighted by molar-refractivity contribution is 6.39. The minimum atomic E-state index is -1.12. The normalized spacial score (nSPS) is 17.8. The zero-order valence-corrected chi connectivity index (χ0v) is 10.6. The van der Waals surface area contributed by atoms with E-state index in [1.807, 2.05) is 5.32 Å². The van der Waals surface area contributed by atoms with Gasteiger partial charge in [-0.1, -0.05) is 6.07 Å². The van der Waals surface area contributed by atoms with Crippen LogP contribution in [0.4, 0.5) is 14.5 Å². The molecule has 7 heteroatoms. The Hall–Kier alpha value is -2.02. The van der Waals surface area contributed by atoms with Crippen molar-refractivity contribution in [2.45, 2.75) is 18.9 Å². The molecule has 0 aliphatic carbocycles. The van der Waals surface area contributed by atoms with Gasteiger partial charge in [-0.05, 0) is 25.0 Å². The second-order valence-corrected chi connectivity index (χ2v) is 4.40. The molecule has 20 heavy (non-hydrogen) atoms. The second-order valence-electron chi connectivity index (χ2n) is 4.40. The Morgan fingerprint density at radius 3 is 2.55 bits per heavy atom. The second kappa shape index (κ2) is 6.42. The maximum Gasteiger partial charge on any atom is 0.313 e. The molecule has 1 aliphatic rings. The molecule has 0 aromatic heterocycles. The molecule has 0 spiro atoms. The topological polar surface area (TPSA) is 67.4 Å². The summed E-state index contributed by atoms with van der Waals surface area (Å²) in [5, 5.41) is 4.27. The number of anilines is 1. The first-order chi connectivity index (χ1) is 9.58. The summed E-state index contributed by atoms with van der Waals surface area (Å²) >= 11 is 0. The van der Waals surface area contributed by atoms with Crippen molar-refractivity contribution in [3.63, 3.8) is 0 Å². The van der Waals surface area contributed by atoms with Crippen molar-refractivity contribution in [3.05, 3.63) is 29.8 Å². The summed E-state index contributed by atoms with van der Waals surface area (Å²) in [5.41, 5.74) is -0.634. The van der Waals surface area contributed by atoms with Crippen LogP contribution in [0.1, 0.15) is 12.8 Å². The summed E-state index contributed by atoms with van der Waals surface area (Å²) in [7, 11) is 0. The van der Waals surface area contributed by atoms with Crippen LogP contribution in [0, 0.1) is 11.6 Å². The summed E-state index contributed by atoms with van der Waals surface area (Å²) in [6.07, 6.45) is 1.61. The number of ether oxygens (including phenoxy) is 1. The van der Waals surface area contributed by atoms with Crippen molar-refractivity contribution in [1.29, 1.82) is 0 Å². The van der Waals surface area contributed by atoms with E-state index >= 15 is 0 Å². The fourth-order valence-corrected chi connectivity index (χ4v) is 1.88. The standard InChI is InChI=1S/C13H14F2N2O3/c14-9-4-1-5-10(15)11(9)17-13(19)12(18)16-7-8-3-2-6-20-8/h1,4-5,8H,2-3,6-7H2,(H,16,18)(H,17,19). The highest BCUT2D eigenvalue weighted by atomic mass is 19.1. The Balaban J connectivity index is 1.89. The van der Waals surface area contributed by atoms with Crippen molar-refractivity contribution < 1.29 is 23.1 Å². The zero-order chi connectivity index (χ0) is 14.5. The number of benzene rings is 1. The molecule has 1 fully saturated rings. The van der Waals surface area contributed by atoms with E-state index in [-0.39, 0.29) is 12.6 Å². The fourth-order valence-electron chi connectivity index (χ4n) is 1.88. The molecular weight excluding hydrogens is 270 g/mol. The maximum absolute atomic E-state index is 13.3. The molecule has 1 unspecified atom stereocenters. The number of rotatable bonds is 3. The van der Waals surface area contributed by atoms with Gasteiger partial charge in [0.15, 0.2) is 0 Å². The van der Waals surface area contributed by atoms with Gasteiger partial charge in [-0.3, -0.25) is 9.59 Å². The number of amides is 2. The molecule has 5 nitrogen and oxygen atoms in total. The Kier molecular flexibility index (Phi) is 4.62. The molecule has 1 aromatic carbocycles. The van der Waals surface area contributed by atoms with Gasteiger partial charge in [-0.25, -0.2) is 8.78 Å². The molecule has 1 heterocycles. The van der Waals surface area contributed by atoms with Crippen molar-refractivity contribution in [2.24, 2.45) is 0 Å². The molecule has 1 atom stereocenters. The number of para-hydroxylation sites is 1. The van der Waals surface area contributed by atoms with Gasteiger partial charge in [0.25, 0.3) is 0 Å². The van der Waals surface area contributed by atoms with Gasteiger partial charge in [-0.15, -0.1) is 0 Å². The third kappa shape index (κ3) is 3.51. The number of hydrogen-bond acceptors (Lipinski definition) is 3. The molecule has 2 amide bonds. The SMILES string of the molecule is O=C(NCC1CCCO1)C(=O)Nc1c(F)cccc1F. The monoisotopic (exact) mass is 284 g/mol. The molecule has 1 aromatic rings. The first kappa shape index (κ1) is 14.4. The smallest absolute Gasteiger partial charge is 0.313 e. The third-order valence-electron chi connectivity index (χ3n) is 2.92. The Labute approximate surface area is 114 Å². The summed E-state index contributed by atoms with van der Waals surface area (Å²) < 4.78 is 31.9.